The molecule has 1 aliphatic heterocycles. The van der Waals surface area contributed by atoms with Crippen LogP contribution >= 0.6 is 0 Å². The summed E-state index contributed by atoms with van der Waals surface area (Å²) in [5, 5.41) is 9.27. The van der Waals surface area contributed by atoms with Gasteiger partial charge in [0, 0.05) is 42.9 Å². The first-order valence-electron chi connectivity index (χ1n) is 12.4. The van der Waals surface area contributed by atoms with Crippen molar-refractivity contribution in [3.05, 3.63) is 82.9 Å². The molecule has 0 fully saturated rings. The van der Waals surface area contributed by atoms with Crippen molar-refractivity contribution in [2.75, 3.05) is 13.2 Å². The zero-order chi connectivity index (χ0) is 25.7. The molecule has 6 nitrogen and oxygen atoms in total. The summed E-state index contributed by atoms with van der Waals surface area (Å²) in [7, 11) is 0. The molecule has 1 unspecified atom stereocenters. The van der Waals surface area contributed by atoms with Crippen molar-refractivity contribution in [3.63, 3.8) is 0 Å². The van der Waals surface area contributed by atoms with Crippen LogP contribution in [0.5, 0.6) is 5.75 Å². The number of ether oxygens (including phenoxy) is 1. The van der Waals surface area contributed by atoms with Gasteiger partial charge in [-0.25, -0.2) is 4.39 Å². The number of fused-ring (bicyclic) bond motifs is 1. The van der Waals surface area contributed by atoms with Crippen molar-refractivity contribution in [1.82, 2.24) is 9.88 Å². The Morgan fingerprint density at radius 2 is 1.94 bits per heavy atom. The van der Waals surface area contributed by atoms with Crippen molar-refractivity contribution in [1.29, 1.82) is 0 Å². The van der Waals surface area contributed by atoms with Crippen LogP contribution in [-0.2, 0) is 29.0 Å². The Bertz CT molecular complexity index is 1250. The average molecular weight is 491 g/mol. The highest BCUT2D eigenvalue weighted by molar-refractivity contribution is 5.80. The van der Waals surface area contributed by atoms with E-state index >= 15 is 0 Å². The van der Waals surface area contributed by atoms with Gasteiger partial charge in [0.25, 0.3) is 0 Å². The predicted octanol–water partition coefficient (Wildman–Crippen LogP) is 5.38. The number of aromatic nitrogens is 1. The van der Waals surface area contributed by atoms with Gasteiger partial charge in [-0.3, -0.25) is 14.6 Å². The second-order valence-electron chi connectivity index (χ2n) is 9.02. The summed E-state index contributed by atoms with van der Waals surface area (Å²) < 4.78 is 20.7. The number of nitrogens with zero attached hydrogens (tertiary/aromatic N) is 2. The molecule has 1 amide bonds. The number of carboxylic acids is 1. The molecule has 0 saturated heterocycles. The van der Waals surface area contributed by atoms with Gasteiger partial charge in [-0.15, -0.1) is 0 Å². The molecular formula is C29H31FN2O4. The van der Waals surface area contributed by atoms with Gasteiger partial charge < -0.3 is 14.7 Å². The molecule has 0 aliphatic carbocycles. The largest absolute Gasteiger partial charge is 0.493 e. The van der Waals surface area contributed by atoms with Crippen LogP contribution in [0.25, 0.3) is 11.1 Å². The molecule has 36 heavy (non-hydrogen) atoms. The molecular weight excluding hydrogens is 459 g/mol. The van der Waals surface area contributed by atoms with E-state index in [0.717, 1.165) is 23.2 Å². The van der Waals surface area contributed by atoms with Crippen LogP contribution < -0.4 is 4.74 Å². The van der Waals surface area contributed by atoms with Crippen molar-refractivity contribution < 1.29 is 23.8 Å². The first kappa shape index (κ1) is 25.4. The van der Waals surface area contributed by atoms with E-state index in [4.69, 9.17) is 4.74 Å². The second kappa shape index (κ2) is 11.3. The van der Waals surface area contributed by atoms with Crippen LogP contribution in [0.1, 0.15) is 55.0 Å². The van der Waals surface area contributed by atoms with Gasteiger partial charge in [0.15, 0.2) is 0 Å². The fourth-order valence-electron chi connectivity index (χ4n) is 4.87. The van der Waals surface area contributed by atoms with Crippen LogP contribution in [0.15, 0.2) is 54.7 Å². The van der Waals surface area contributed by atoms with E-state index < -0.39 is 5.97 Å². The summed E-state index contributed by atoms with van der Waals surface area (Å²) in [6.07, 6.45) is 3.16. The number of rotatable bonds is 9. The Kier molecular flexibility index (Phi) is 7.98. The Morgan fingerprint density at radius 1 is 1.11 bits per heavy atom. The number of aliphatic carboxylic acids is 1. The van der Waals surface area contributed by atoms with Crippen molar-refractivity contribution >= 4 is 11.9 Å². The summed E-state index contributed by atoms with van der Waals surface area (Å²) in [5.41, 5.74) is 4.34. The Balaban J connectivity index is 1.67. The highest BCUT2D eigenvalue weighted by Crippen LogP contribution is 2.38. The number of hydrogen-bond donors (Lipinski definition) is 1. The number of hydrogen-bond acceptors (Lipinski definition) is 4. The smallest absolute Gasteiger partial charge is 0.307 e. The predicted molar refractivity (Wildman–Crippen MR) is 135 cm³/mol. The van der Waals surface area contributed by atoms with Gasteiger partial charge in [-0.05, 0) is 72.4 Å². The highest BCUT2D eigenvalue weighted by Gasteiger charge is 2.28. The Labute approximate surface area is 210 Å². The van der Waals surface area contributed by atoms with Crippen molar-refractivity contribution in [3.8, 4) is 16.9 Å². The summed E-state index contributed by atoms with van der Waals surface area (Å²) in [4.78, 5) is 30.9. The molecule has 3 aromatic rings. The molecule has 0 spiro atoms. The third kappa shape index (κ3) is 5.56. The fraction of sp³-hybridized carbons (Fsp3) is 0.345. The maximum absolute atomic E-state index is 14.9. The molecule has 1 N–H and O–H groups in total. The fourth-order valence-corrected chi connectivity index (χ4v) is 4.87. The molecule has 7 heteroatoms. The lowest BCUT2D eigenvalue weighted by molar-refractivity contribution is -0.136. The standard InChI is InChI=1S/C29H31FN2O4/c1-3-20(26-7-5-6-13-31-26)17-28(33)32-14-12-22-24(18-32)21(9-10-25(22)30)23-15-19(16-29(34)35)8-11-27(23)36-4-2/h5-11,13,15,20H,3-4,12,14,16-18H2,1-2H3,(H,34,35). The Morgan fingerprint density at radius 3 is 2.64 bits per heavy atom. The first-order valence-corrected chi connectivity index (χ1v) is 12.4. The first-order chi connectivity index (χ1) is 17.4. The zero-order valence-electron chi connectivity index (χ0n) is 20.7. The van der Waals surface area contributed by atoms with Gasteiger partial charge in [-0.1, -0.05) is 25.1 Å². The van der Waals surface area contributed by atoms with Crippen LogP contribution in [0.3, 0.4) is 0 Å². The van der Waals surface area contributed by atoms with E-state index in [1.54, 1.807) is 35.4 Å². The minimum absolute atomic E-state index is 0.0121. The monoisotopic (exact) mass is 490 g/mol. The van der Waals surface area contributed by atoms with Crippen molar-refractivity contribution in [2.45, 2.75) is 52.0 Å². The highest BCUT2D eigenvalue weighted by atomic mass is 19.1. The van der Waals surface area contributed by atoms with E-state index in [2.05, 4.69) is 4.98 Å². The molecule has 2 heterocycles. The zero-order valence-corrected chi connectivity index (χ0v) is 20.7. The molecule has 0 radical (unpaired) electrons. The quantitative estimate of drug-likeness (QED) is 0.436. The molecule has 0 bridgehead atoms. The van der Waals surface area contributed by atoms with Gasteiger partial charge in [0.05, 0.1) is 13.0 Å². The molecule has 4 rings (SSSR count). The normalized spacial score (nSPS) is 13.7. The number of carbonyl (C=O) groups excluding carboxylic acids is 1. The van der Waals surface area contributed by atoms with Crippen LogP contribution in [-0.4, -0.2) is 40.0 Å². The third-order valence-corrected chi connectivity index (χ3v) is 6.72. The maximum Gasteiger partial charge on any atom is 0.307 e. The third-order valence-electron chi connectivity index (χ3n) is 6.72. The molecule has 1 aliphatic rings. The topological polar surface area (TPSA) is 79.7 Å². The van der Waals surface area contributed by atoms with E-state index in [9.17, 15) is 19.1 Å². The number of halogens is 1. The van der Waals surface area contributed by atoms with Gasteiger partial charge >= 0.3 is 5.97 Å². The SMILES string of the molecule is CCOc1ccc(CC(=O)O)cc1-c1ccc(F)c2c1CN(C(=O)CC(CC)c1ccccn1)CC2. The van der Waals surface area contributed by atoms with Gasteiger partial charge in [0.2, 0.25) is 5.91 Å². The lowest BCUT2D eigenvalue weighted by atomic mass is 9.89. The molecule has 2 aromatic carbocycles. The summed E-state index contributed by atoms with van der Waals surface area (Å²) in [6, 6.07) is 14.2. The van der Waals surface area contributed by atoms with E-state index in [1.165, 1.54) is 6.07 Å². The molecule has 1 aromatic heterocycles. The van der Waals surface area contributed by atoms with Crippen molar-refractivity contribution in [2.24, 2.45) is 0 Å². The summed E-state index contributed by atoms with van der Waals surface area (Å²) >= 11 is 0. The average Bonchev–Trinajstić information content (AvgIpc) is 2.88. The number of carbonyl (C=O) groups is 2. The minimum Gasteiger partial charge on any atom is -0.493 e. The van der Waals surface area contributed by atoms with Crippen LogP contribution in [0.2, 0.25) is 0 Å². The Hall–Kier alpha value is -3.74. The number of carboxylic acid groups (broad SMARTS) is 1. The van der Waals surface area contributed by atoms with Crippen LogP contribution in [0.4, 0.5) is 4.39 Å². The van der Waals surface area contributed by atoms with E-state index in [0.29, 0.717) is 48.4 Å². The number of benzene rings is 2. The number of pyridine rings is 1. The van der Waals surface area contributed by atoms with E-state index in [-0.39, 0.29) is 30.6 Å². The van der Waals surface area contributed by atoms with Crippen LogP contribution in [0, 0.1) is 5.82 Å². The van der Waals surface area contributed by atoms with Gasteiger partial charge in [0.1, 0.15) is 11.6 Å². The lowest BCUT2D eigenvalue weighted by Crippen LogP contribution is -2.37. The van der Waals surface area contributed by atoms with Gasteiger partial charge in [-0.2, -0.15) is 0 Å². The molecule has 1 atom stereocenters. The summed E-state index contributed by atoms with van der Waals surface area (Å²) in [6.45, 7) is 5.09. The maximum atomic E-state index is 14.9. The van der Waals surface area contributed by atoms with E-state index in [1.807, 2.05) is 32.0 Å². The summed E-state index contributed by atoms with van der Waals surface area (Å²) in [5.74, 6) is -0.589. The number of amides is 1. The second-order valence-corrected chi connectivity index (χ2v) is 9.02. The molecule has 188 valence electrons. The molecule has 0 saturated carbocycles. The minimum atomic E-state index is -0.929. The lowest BCUT2D eigenvalue weighted by Gasteiger charge is -2.32.